The van der Waals surface area contributed by atoms with Crippen molar-refractivity contribution in [2.75, 3.05) is 0 Å². The van der Waals surface area contributed by atoms with E-state index in [0.29, 0.717) is 15.8 Å². The van der Waals surface area contributed by atoms with Crippen molar-refractivity contribution >= 4 is 39.6 Å². The Balaban J connectivity index is 1.46. The standard InChI is InChI=1S/C24H21BrN4O5/c1-16(27-24(31)21-4-2-3-5-22(21)25)23(30)28-26-14-17-8-12-20(13-9-17)34-15-18-6-10-19(11-7-18)29(32)33/h2-14,16H,15H2,1H3,(H,27,31)(H,28,30). The van der Waals surface area contributed by atoms with E-state index in [9.17, 15) is 19.7 Å². The number of nitrogens with zero attached hydrogens (tertiary/aromatic N) is 2. The number of carbonyl (C=O) groups excluding carboxylic acids is 2. The topological polar surface area (TPSA) is 123 Å². The predicted octanol–water partition coefficient (Wildman–Crippen LogP) is 4.20. The maximum absolute atomic E-state index is 12.3. The molecule has 0 aromatic heterocycles. The van der Waals surface area contributed by atoms with Crippen LogP contribution >= 0.6 is 15.9 Å². The van der Waals surface area contributed by atoms with Gasteiger partial charge in [-0.25, -0.2) is 5.43 Å². The van der Waals surface area contributed by atoms with Crippen molar-refractivity contribution in [3.63, 3.8) is 0 Å². The molecule has 1 unspecified atom stereocenters. The summed E-state index contributed by atoms with van der Waals surface area (Å²) in [7, 11) is 0. The number of hydrogen-bond donors (Lipinski definition) is 2. The summed E-state index contributed by atoms with van der Waals surface area (Å²) in [6.07, 6.45) is 1.47. The molecule has 0 bridgehead atoms. The maximum Gasteiger partial charge on any atom is 0.269 e. The van der Waals surface area contributed by atoms with Gasteiger partial charge >= 0.3 is 0 Å². The van der Waals surface area contributed by atoms with E-state index >= 15 is 0 Å². The molecule has 1 atom stereocenters. The van der Waals surface area contributed by atoms with Gasteiger partial charge in [0, 0.05) is 16.6 Å². The second-order valence-corrected chi connectivity index (χ2v) is 8.04. The lowest BCUT2D eigenvalue weighted by molar-refractivity contribution is -0.384. The van der Waals surface area contributed by atoms with Crippen LogP contribution in [0.5, 0.6) is 5.75 Å². The molecular weight excluding hydrogens is 504 g/mol. The molecular formula is C24H21BrN4O5. The first-order valence-corrected chi connectivity index (χ1v) is 11.0. The van der Waals surface area contributed by atoms with Crippen LogP contribution in [0, 0.1) is 10.1 Å². The lowest BCUT2D eigenvalue weighted by atomic mass is 10.2. The third-order valence-electron chi connectivity index (χ3n) is 4.68. The first kappa shape index (κ1) is 24.6. The average Bonchev–Trinajstić information content (AvgIpc) is 2.83. The molecule has 0 spiro atoms. The fraction of sp³-hybridized carbons (Fsp3) is 0.125. The minimum Gasteiger partial charge on any atom is -0.489 e. The molecule has 34 heavy (non-hydrogen) atoms. The third kappa shape index (κ3) is 6.97. The molecule has 0 saturated heterocycles. The van der Waals surface area contributed by atoms with Crippen LogP contribution in [-0.4, -0.2) is 29.0 Å². The lowest BCUT2D eigenvalue weighted by Crippen LogP contribution is -2.43. The monoisotopic (exact) mass is 524 g/mol. The van der Waals surface area contributed by atoms with Crippen molar-refractivity contribution in [2.24, 2.45) is 5.10 Å². The second kappa shape index (κ2) is 11.7. The van der Waals surface area contributed by atoms with Gasteiger partial charge in [0.25, 0.3) is 17.5 Å². The zero-order valence-corrected chi connectivity index (χ0v) is 19.7. The summed E-state index contributed by atoms with van der Waals surface area (Å²) < 4.78 is 6.31. The minimum absolute atomic E-state index is 0.0283. The number of hydrogen-bond acceptors (Lipinski definition) is 6. The number of hydrazone groups is 1. The van der Waals surface area contributed by atoms with Gasteiger partial charge in [0.1, 0.15) is 18.4 Å². The number of ether oxygens (including phenoxy) is 1. The van der Waals surface area contributed by atoms with Crippen LogP contribution in [0.3, 0.4) is 0 Å². The average molecular weight is 525 g/mol. The lowest BCUT2D eigenvalue weighted by Gasteiger charge is -2.12. The number of non-ortho nitro benzene ring substituents is 1. The van der Waals surface area contributed by atoms with E-state index in [0.717, 1.165) is 11.1 Å². The smallest absolute Gasteiger partial charge is 0.269 e. The van der Waals surface area contributed by atoms with Crippen LogP contribution in [0.25, 0.3) is 0 Å². The minimum atomic E-state index is -0.785. The quantitative estimate of drug-likeness (QED) is 0.246. The van der Waals surface area contributed by atoms with Gasteiger partial charge in [0.2, 0.25) is 0 Å². The molecule has 0 radical (unpaired) electrons. The Morgan fingerprint density at radius 3 is 2.41 bits per heavy atom. The number of nitro groups is 1. The fourth-order valence-corrected chi connectivity index (χ4v) is 3.25. The summed E-state index contributed by atoms with van der Waals surface area (Å²) >= 11 is 3.31. The summed E-state index contributed by atoms with van der Waals surface area (Å²) in [5.74, 6) is -0.217. The molecule has 3 rings (SSSR count). The van der Waals surface area contributed by atoms with Crippen molar-refractivity contribution in [2.45, 2.75) is 19.6 Å². The van der Waals surface area contributed by atoms with Gasteiger partial charge in [-0.2, -0.15) is 5.10 Å². The molecule has 10 heteroatoms. The molecule has 9 nitrogen and oxygen atoms in total. The first-order chi connectivity index (χ1) is 16.3. The highest BCUT2D eigenvalue weighted by molar-refractivity contribution is 9.10. The van der Waals surface area contributed by atoms with E-state index in [1.165, 1.54) is 18.3 Å². The van der Waals surface area contributed by atoms with Crippen LogP contribution in [0.2, 0.25) is 0 Å². The number of nitro benzene ring substituents is 1. The normalized spacial score (nSPS) is 11.6. The molecule has 174 valence electrons. The van der Waals surface area contributed by atoms with Gasteiger partial charge in [-0.1, -0.05) is 12.1 Å². The number of halogens is 1. The van der Waals surface area contributed by atoms with E-state index in [1.54, 1.807) is 67.6 Å². The molecule has 0 aliphatic rings. The van der Waals surface area contributed by atoms with Crippen LogP contribution in [0.15, 0.2) is 82.4 Å². The first-order valence-electron chi connectivity index (χ1n) is 10.2. The van der Waals surface area contributed by atoms with Crippen molar-refractivity contribution < 1.29 is 19.2 Å². The van der Waals surface area contributed by atoms with Gasteiger partial charge in [-0.15, -0.1) is 0 Å². The van der Waals surface area contributed by atoms with Gasteiger partial charge in [0.15, 0.2) is 0 Å². The van der Waals surface area contributed by atoms with Crippen LogP contribution in [0.1, 0.15) is 28.4 Å². The highest BCUT2D eigenvalue weighted by atomic mass is 79.9. The van der Waals surface area contributed by atoms with Gasteiger partial charge < -0.3 is 10.1 Å². The Morgan fingerprint density at radius 2 is 1.76 bits per heavy atom. The number of nitrogens with one attached hydrogen (secondary N) is 2. The third-order valence-corrected chi connectivity index (χ3v) is 5.37. The fourth-order valence-electron chi connectivity index (χ4n) is 2.78. The van der Waals surface area contributed by atoms with Crippen LogP contribution < -0.4 is 15.5 Å². The number of rotatable bonds is 9. The summed E-state index contributed by atoms with van der Waals surface area (Å²) in [4.78, 5) is 34.8. The zero-order valence-electron chi connectivity index (χ0n) is 18.1. The van der Waals surface area contributed by atoms with Crippen molar-refractivity contribution in [3.05, 3.63) is 104 Å². The number of carbonyl (C=O) groups is 2. The van der Waals surface area contributed by atoms with E-state index in [1.807, 2.05) is 0 Å². The summed E-state index contributed by atoms with van der Waals surface area (Å²) in [6, 6.07) is 19.3. The van der Waals surface area contributed by atoms with Crippen molar-refractivity contribution in [3.8, 4) is 5.75 Å². The molecule has 2 amide bonds. The van der Waals surface area contributed by atoms with Crippen molar-refractivity contribution in [1.29, 1.82) is 0 Å². The number of amides is 2. The van der Waals surface area contributed by atoms with E-state index in [4.69, 9.17) is 4.74 Å². The van der Waals surface area contributed by atoms with E-state index < -0.39 is 16.9 Å². The molecule has 0 heterocycles. The molecule has 0 aliphatic heterocycles. The Morgan fingerprint density at radius 1 is 1.09 bits per heavy atom. The molecule has 3 aromatic carbocycles. The second-order valence-electron chi connectivity index (χ2n) is 7.19. The summed E-state index contributed by atoms with van der Waals surface area (Å²) in [5, 5.41) is 17.2. The van der Waals surface area contributed by atoms with Crippen molar-refractivity contribution in [1.82, 2.24) is 10.7 Å². The highest BCUT2D eigenvalue weighted by Crippen LogP contribution is 2.17. The largest absolute Gasteiger partial charge is 0.489 e. The Hall–Kier alpha value is -4.05. The molecule has 0 saturated carbocycles. The van der Waals surface area contributed by atoms with Gasteiger partial charge in [0.05, 0.1) is 16.7 Å². The predicted molar refractivity (Wildman–Crippen MR) is 131 cm³/mol. The van der Waals surface area contributed by atoms with E-state index in [2.05, 4.69) is 31.8 Å². The zero-order chi connectivity index (χ0) is 24.5. The molecule has 0 fully saturated rings. The Bertz CT molecular complexity index is 1200. The summed E-state index contributed by atoms with van der Waals surface area (Å²) in [5.41, 5.74) is 4.40. The SMILES string of the molecule is CC(NC(=O)c1ccccc1Br)C(=O)NN=Cc1ccc(OCc2ccc([N+](=O)[O-])cc2)cc1. The van der Waals surface area contributed by atoms with Crippen LogP contribution in [-0.2, 0) is 11.4 Å². The van der Waals surface area contributed by atoms with Crippen LogP contribution in [0.4, 0.5) is 5.69 Å². The number of benzene rings is 3. The van der Waals surface area contributed by atoms with Gasteiger partial charge in [-0.3, -0.25) is 19.7 Å². The highest BCUT2D eigenvalue weighted by Gasteiger charge is 2.17. The Kier molecular flexibility index (Phi) is 8.47. The van der Waals surface area contributed by atoms with Gasteiger partial charge in [-0.05, 0) is 82.5 Å². The maximum atomic E-state index is 12.3. The summed E-state index contributed by atoms with van der Waals surface area (Å²) in [6.45, 7) is 1.83. The van der Waals surface area contributed by atoms with E-state index in [-0.39, 0.29) is 18.2 Å². The molecule has 3 aromatic rings. The molecule has 2 N–H and O–H groups in total. The molecule has 0 aliphatic carbocycles. The Labute approximate surface area is 204 Å².